The summed E-state index contributed by atoms with van der Waals surface area (Å²) in [7, 11) is 0. The van der Waals surface area contributed by atoms with Crippen molar-refractivity contribution in [1.29, 1.82) is 0 Å². The fourth-order valence-corrected chi connectivity index (χ4v) is 1.99. The van der Waals surface area contributed by atoms with Crippen LogP contribution in [-0.2, 0) is 19.1 Å². The van der Waals surface area contributed by atoms with Gasteiger partial charge in [-0.2, -0.15) is 12.6 Å². The molecule has 2 amide bonds. The van der Waals surface area contributed by atoms with Crippen LogP contribution in [0.5, 0.6) is 0 Å². The van der Waals surface area contributed by atoms with Gasteiger partial charge in [0.15, 0.2) is 0 Å². The highest BCUT2D eigenvalue weighted by Gasteiger charge is 2.21. The molecule has 0 fully saturated rings. The molecule has 2 N–H and O–H groups in total. The zero-order chi connectivity index (χ0) is 17.9. The van der Waals surface area contributed by atoms with Crippen molar-refractivity contribution in [2.24, 2.45) is 0 Å². The minimum absolute atomic E-state index is 0.0316. The van der Waals surface area contributed by atoms with Gasteiger partial charge in [0.05, 0.1) is 30.2 Å². The van der Waals surface area contributed by atoms with Gasteiger partial charge in [-0.25, -0.2) is 0 Å². The topological polar surface area (TPSA) is 76.7 Å². The van der Waals surface area contributed by atoms with E-state index < -0.39 is 0 Å². The van der Waals surface area contributed by atoms with Crippen LogP contribution in [0.3, 0.4) is 0 Å². The molecule has 0 aromatic carbocycles. The minimum Gasteiger partial charge on any atom is -0.373 e. The van der Waals surface area contributed by atoms with Crippen LogP contribution in [0.2, 0.25) is 0 Å². The molecule has 0 rings (SSSR count). The van der Waals surface area contributed by atoms with E-state index in [1.807, 2.05) is 27.7 Å². The Morgan fingerprint density at radius 2 is 1.35 bits per heavy atom. The quantitative estimate of drug-likeness (QED) is 0.369. The molecule has 0 radical (unpaired) electrons. The fourth-order valence-electron chi connectivity index (χ4n) is 1.88. The van der Waals surface area contributed by atoms with E-state index in [1.165, 1.54) is 6.92 Å². The Balaban J connectivity index is 3.86. The smallest absolute Gasteiger partial charge is 0.229 e. The molecular formula is C16H32N2O4S. The number of nitrogens with one attached hydrogen (secondary N) is 2. The van der Waals surface area contributed by atoms with E-state index in [1.54, 1.807) is 0 Å². The van der Waals surface area contributed by atoms with E-state index in [9.17, 15) is 9.59 Å². The maximum atomic E-state index is 11.1. The van der Waals surface area contributed by atoms with Crippen molar-refractivity contribution in [2.45, 2.75) is 58.7 Å². The molecule has 0 aromatic rings. The Morgan fingerprint density at radius 3 is 1.74 bits per heavy atom. The Labute approximate surface area is 145 Å². The van der Waals surface area contributed by atoms with Crippen LogP contribution < -0.4 is 10.6 Å². The van der Waals surface area contributed by atoms with Gasteiger partial charge < -0.3 is 20.1 Å². The monoisotopic (exact) mass is 348 g/mol. The molecule has 6 nitrogen and oxygen atoms in total. The lowest BCUT2D eigenvalue weighted by atomic mass is 10.1. The molecule has 0 aliphatic rings. The Kier molecular flexibility index (Phi) is 10.5. The number of carbonyl (C=O) groups is 2. The molecule has 0 unspecified atom stereocenters. The molecule has 0 heterocycles. The maximum Gasteiger partial charge on any atom is 0.229 e. The highest BCUT2D eigenvalue weighted by Crippen LogP contribution is 2.16. The maximum absolute atomic E-state index is 11.1. The lowest BCUT2D eigenvalue weighted by Gasteiger charge is -2.28. The second kappa shape index (κ2) is 10.9. The average molecular weight is 349 g/mol. The molecule has 0 spiro atoms. The van der Waals surface area contributed by atoms with Crippen LogP contribution in [0, 0.1) is 0 Å². The fraction of sp³-hybridized carbons (Fsp3) is 0.875. The van der Waals surface area contributed by atoms with Gasteiger partial charge >= 0.3 is 0 Å². The molecule has 136 valence electrons. The van der Waals surface area contributed by atoms with Crippen molar-refractivity contribution in [1.82, 2.24) is 10.6 Å². The number of ether oxygens (including phenoxy) is 2. The van der Waals surface area contributed by atoms with E-state index in [2.05, 4.69) is 23.3 Å². The van der Waals surface area contributed by atoms with Crippen LogP contribution in [-0.4, -0.2) is 55.1 Å². The van der Waals surface area contributed by atoms with E-state index in [-0.39, 0.29) is 28.8 Å². The first-order valence-corrected chi connectivity index (χ1v) is 8.61. The summed E-state index contributed by atoms with van der Waals surface area (Å²) >= 11 is 3.91. The predicted molar refractivity (Wildman–Crippen MR) is 94.8 cm³/mol. The lowest BCUT2D eigenvalue weighted by Crippen LogP contribution is -2.35. The van der Waals surface area contributed by atoms with Gasteiger partial charge in [0.25, 0.3) is 0 Å². The first kappa shape index (κ1) is 22.2. The van der Waals surface area contributed by atoms with Crippen LogP contribution in [0.15, 0.2) is 0 Å². The SMILES string of the molecule is CC(=O)NCCC(C)(C)OCCOC(C)(C)CCNC(=O)CS. The third-order valence-corrected chi connectivity index (χ3v) is 3.65. The zero-order valence-corrected chi connectivity index (χ0v) is 15.9. The molecule has 7 heteroatoms. The van der Waals surface area contributed by atoms with Gasteiger partial charge in [-0.3, -0.25) is 9.59 Å². The lowest BCUT2D eigenvalue weighted by molar-refractivity contribution is -0.120. The van der Waals surface area contributed by atoms with Gasteiger partial charge in [-0.1, -0.05) is 0 Å². The molecule has 0 aromatic heterocycles. The van der Waals surface area contributed by atoms with Crippen LogP contribution in [0.1, 0.15) is 47.5 Å². The molecule has 0 atom stereocenters. The van der Waals surface area contributed by atoms with E-state index in [0.29, 0.717) is 26.3 Å². The van der Waals surface area contributed by atoms with Gasteiger partial charge in [0.2, 0.25) is 11.8 Å². The Bertz CT molecular complexity index is 373. The molecular weight excluding hydrogens is 316 g/mol. The standard InChI is InChI=1S/C16H32N2O4S/c1-13(19)17-8-6-15(2,3)21-10-11-22-16(4,5)7-9-18-14(20)12-23/h23H,6-12H2,1-5H3,(H,17,19)(H,18,20). The molecule has 0 bridgehead atoms. The van der Waals surface area contributed by atoms with Crippen molar-refractivity contribution in [3.05, 3.63) is 0 Å². The summed E-state index contributed by atoms with van der Waals surface area (Å²) in [5.74, 6) is 0.0900. The predicted octanol–water partition coefficient (Wildman–Crippen LogP) is 1.54. The highest BCUT2D eigenvalue weighted by molar-refractivity contribution is 7.81. The van der Waals surface area contributed by atoms with Gasteiger partial charge in [-0.05, 0) is 40.5 Å². The average Bonchev–Trinajstić information content (AvgIpc) is 2.42. The van der Waals surface area contributed by atoms with Crippen molar-refractivity contribution in [3.63, 3.8) is 0 Å². The number of rotatable bonds is 12. The second-order valence-electron chi connectivity index (χ2n) is 6.71. The minimum atomic E-state index is -0.326. The summed E-state index contributed by atoms with van der Waals surface area (Å²) in [6.45, 7) is 11.6. The molecule has 0 saturated carbocycles. The number of carbonyl (C=O) groups excluding carboxylic acids is 2. The summed E-state index contributed by atoms with van der Waals surface area (Å²) in [4.78, 5) is 22.0. The van der Waals surface area contributed by atoms with Crippen LogP contribution >= 0.6 is 12.6 Å². The zero-order valence-electron chi connectivity index (χ0n) is 15.0. The number of thiol groups is 1. The van der Waals surface area contributed by atoms with Gasteiger partial charge in [0, 0.05) is 20.0 Å². The Morgan fingerprint density at radius 1 is 0.913 bits per heavy atom. The number of hydrogen-bond acceptors (Lipinski definition) is 5. The second-order valence-corrected chi connectivity index (χ2v) is 7.02. The molecule has 23 heavy (non-hydrogen) atoms. The molecule has 0 saturated heterocycles. The number of hydrogen-bond donors (Lipinski definition) is 3. The summed E-state index contributed by atoms with van der Waals surface area (Å²) in [5.41, 5.74) is -0.635. The third-order valence-electron chi connectivity index (χ3n) is 3.36. The summed E-state index contributed by atoms with van der Waals surface area (Å²) in [5, 5.41) is 5.54. The highest BCUT2D eigenvalue weighted by atomic mass is 32.1. The van der Waals surface area contributed by atoms with Crippen LogP contribution in [0.4, 0.5) is 0 Å². The summed E-state index contributed by atoms with van der Waals surface area (Å²) in [6, 6.07) is 0. The molecule has 0 aliphatic carbocycles. The normalized spacial score (nSPS) is 12.1. The first-order chi connectivity index (χ1) is 10.6. The summed E-state index contributed by atoms with van der Waals surface area (Å²) < 4.78 is 11.6. The Hall–Kier alpha value is -0.790. The van der Waals surface area contributed by atoms with Crippen molar-refractivity contribution in [3.8, 4) is 0 Å². The largest absolute Gasteiger partial charge is 0.373 e. The molecule has 0 aliphatic heterocycles. The van der Waals surface area contributed by atoms with Gasteiger partial charge in [0.1, 0.15) is 0 Å². The van der Waals surface area contributed by atoms with E-state index in [4.69, 9.17) is 9.47 Å². The van der Waals surface area contributed by atoms with Crippen molar-refractivity contribution < 1.29 is 19.1 Å². The number of amides is 2. The third kappa shape index (κ3) is 13.4. The first-order valence-electron chi connectivity index (χ1n) is 7.98. The summed E-state index contributed by atoms with van der Waals surface area (Å²) in [6.07, 6.45) is 1.46. The van der Waals surface area contributed by atoms with Crippen molar-refractivity contribution >= 4 is 24.4 Å². The van der Waals surface area contributed by atoms with Crippen molar-refractivity contribution in [2.75, 3.05) is 32.1 Å². The van der Waals surface area contributed by atoms with E-state index in [0.717, 1.165) is 12.8 Å². The van der Waals surface area contributed by atoms with E-state index >= 15 is 0 Å². The van der Waals surface area contributed by atoms with Crippen LogP contribution in [0.25, 0.3) is 0 Å². The van der Waals surface area contributed by atoms with Gasteiger partial charge in [-0.15, -0.1) is 0 Å².